The number of phenolic OH excluding ortho intramolecular Hbond substituents is 1. The minimum Gasteiger partial charge on any atom is -0.507 e. The van der Waals surface area contributed by atoms with E-state index in [2.05, 4.69) is 0 Å². The number of carbonyl (C=O) groups is 1. The van der Waals surface area contributed by atoms with Crippen LogP contribution in [-0.2, 0) is 16.1 Å². The maximum Gasteiger partial charge on any atom is 0.313 e. The molecule has 0 fully saturated rings. The molecule has 0 unspecified atom stereocenters. The summed E-state index contributed by atoms with van der Waals surface area (Å²) >= 11 is 0. The molecule has 2 aromatic carbocycles. The van der Waals surface area contributed by atoms with Gasteiger partial charge in [0.2, 0.25) is 0 Å². The van der Waals surface area contributed by atoms with E-state index in [1.165, 1.54) is 13.2 Å². The first-order valence-electron chi connectivity index (χ1n) is 7.70. The van der Waals surface area contributed by atoms with Crippen LogP contribution in [0.2, 0.25) is 0 Å². The van der Waals surface area contributed by atoms with Crippen molar-refractivity contribution in [1.29, 1.82) is 0 Å². The molecule has 0 bridgehead atoms. The van der Waals surface area contributed by atoms with Crippen LogP contribution in [-0.4, -0.2) is 18.2 Å². The van der Waals surface area contributed by atoms with Gasteiger partial charge in [-0.25, -0.2) is 0 Å². The monoisotopic (exact) mass is 365 g/mol. The Kier molecular flexibility index (Phi) is 7.27. The molecule has 6 heteroatoms. The summed E-state index contributed by atoms with van der Waals surface area (Å²) in [4.78, 5) is 11.9. The number of halogens is 1. The van der Waals surface area contributed by atoms with Gasteiger partial charge in [-0.1, -0.05) is 36.4 Å². The highest BCUT2D eigenvalue weighted by Gasteiger charge is 2.37. The zero-order valence-corrected chi connectivity index (χ0v) is 15.4. The second kappa shape index (κ2) is 8.74. The topological polar surface area (TPSA) is 81.8 Å². The summed E-state index contributed by atoms with van der Waals surface area (Å²) in [6.07, 6.45) is 0. The molecule has 1 atom stereocenters. The SMILES string of the molecule is COC(=O)C(C)(C)[C@H](N)c1ccc(OCc2ccccc2)cc1O.Cl. The van der Waals surface area contributed by atoms with Crippen molar-refractivity contribution < 1.29 is 19.4 Å². The minimum absolute atomic E-state index is 0. The second-order valence-corrected chi connectivity index (χ2v) is 6.19. The zero-order valence-electron chi connectivity index (χ0n) is 14.6. The van der Waals surface area contributed by atoms with Crippen LogP contribution >= 0.6 is 12.4 Å². The standard InChI is InChI=1S/C19H23NO4.ClH/c1-19(2,18(22)23-3)17(20)15-10-9-14(11-16(15)21)24-12-13-7-5-4-6-8-13;/h4-11,17,21H,12,20H2,1-3H3;1H/t17-;/m1./s1. The van der Waals surface area contributed by atoms with Gasteiger partial charge in [-0.15, -0.1) is 12.4 Å². The van der Waals surface area contributed by atoms with E-state index < -0.39 is 17.4 Å². The summed E-state index contributed by atoms with van der Waals surface area (Å²) < 4.78 is 10.5. The summed E-state index contributed by atoms with van der Waals surface area (Å²) in [6, 6.07) is 13.9. The number of phenols is 1. The van der Waals surface area contributed by atoms with Crippen molar-refractivity contribution in [2.45, 2.75) is 26.5 Å². The molecule has 2 rings (SSSR count). The van der Waals surface area contributed by atoms with E-state index in [9.17, 15) is 9.90 Å². The normalized spacial score (nSPS) is 12.0. The first kappa shape index (κ1) is 20.8. The van der Waals surface area contributed by atoms with Gasteiger partial charge in [0.15, 0.2) is 0 Å². The lowest BCUT2D eigenvalue weighted by atomic mass is 9.80. The van der Waals surface area contributed by atoms with E-state index in [-0.39, 0.29) is 18.2 Å². The zero-order chi connectivity index (χ0) is 17.7. The third-order valence-electron chi connectivity index (χ3n) is 4.07. The first-order chi connectivity index (χ1) is 11.4. The van der Waals surface area contributed by atoms with Gasteiger partial charge in [0.1, 0.15) is 18.1 Å². The Morgan fingerprint density at radius 2 is 1.84 bits per heavy atom. The van der Waals surface area contributed by atoms with E-state index in [0.717, 1.165) is 5.56 Å². The molecule has 0 aliphatic carbocycles. The highest BCUT2D eigenvalue weighted by Crippen LogP contribution is 2.38. The maximum atomic E-state index is 11.9. The van der Waals surface area contributed by atoms with Gasteiger partial charge < -0.3 is 20.3 Å². The van der Waals surface area contributed by atoms with Crippen LogP contribution in [0.15, 0.2) is 48.5 Å². The molecule has 136 valence electrons. The largest absolute Gasteiger partial charge is 0.507 e. The number of benzene rings is 2. The lowest BCUT2D eigenvalue weighted by Crippen LogP contribution is -2.37. The smallest absolute Gasteiger partial charge is 0.313 e. The summed E-state index contributed by atoms with van der Waals surface area (Å²) in [6.45, 7) is 3.77. The van der Waals surface area contributed by atoms with Gasteiger partial charge in [-0.3, -0.25) is 4.79 Å². The number of carbonyl (C=O) groups excluding carboxylic acids is 1. The Morgan fingerprint density at radius 1 is 1.20 bits per heavy atom. The molecule has 0 saturated carbocycles. The van der Waals surface area contributed by atoms with Crippen molar-refractivity contribution in [3.63, 3.8) is 0 Å². The van der Waals surface area contributed by atoms with E-state index in [4.69, 9.17) is 15.2 Å². The molecule has 0 heterocycles. The van der Waals surface area contributed by atoms with Gasteiger partial charge in [0.25, 0.3) is 0 Å². The number of ether oxygens (including phenoxy) is 2. The van der Waals surface area contributed by atoms with Crippen LogP contribution in [0.1, 0.15) is 31.0 Å². The fraction of sp³-hybridized carbons (Fsp3) is 0.316. The summed E-state index contributed by atoms with van der Waals surface area (Å²) in [5, 5.41) is 10.3. The second-order valence-electron chi connectivity index (χ2n) is 6.19. The molecule has 5 nitrogen and oxygen atoms in total. The molecule has 0 aliphatic rings. The number of rotatable bonds is 6. The van der Waals surface area contributed by atoms with Crippen LogP contribution in [0.5, 0.6) is 11.5 Å². The third kappa shape index (κ3) is 4.87. The maximum absolute atomic E-state index is 11.9. The van der Waals surface area contributed by atoms with Crippen LogP contribution in [0.4, 0.5) is 0 Å². The molecule has 0 aromatic heterocycles. The van der Waals surface area contributed by atoms with Gasteiger partial charge in [-0.05, 0) is 25.5 Å². The minimum atomic E-state index is -0.960. The molecular weight excluding hydrogens is 342 g/mol. The van der Waals surface area contributed by atoms with Crippen molar-refractivity contribution in [3.05, 3.63) is 59.7 Å². The van der Waals surface area contributed by atoms with Crippen LogP contribution in [0.25, 0.3) is 0 Å². The highest BCUT2D eigenvalue weighted by molar-refractivity contribution is 5.85. The Bertz CT molecular complexity index is 704. The molecular formula is C19H24ClNO4. The number of nitrogens with two attached hydrogens (primary N) is 1. The number of aromatic hydroxyl groups is 1. The van der Waals surface area contributed by atoms with Crippen molar-refractivity contribution in [3.8, 4) is 11.5 Å². The summed E-state index contributed by atoms with van der Waals surface area (Å²) in [5.74, 6) is 0.0898. The number of esters is 1. The predicted octanol–water partition coefficient (Wildman–Crippen LogP) is 3.59. The van der Waals surface area contributed by atoms with Crippen LogP contribution < -0.4 is 10.5 Å². The van der Waals surface area contributed by atoms with Gasteiger partial charge in [-0.2, -0.15) is 0 Å². The van der Waals surface area contributed by atoms with Crippen molar-refractivity contribution in [1.82, 2.24) is 0 Å². The number of hydrogen-bond donors (Lipinski definition) is 2. The lowest BCUT2D eigenvalue weighted by Gasteiger charge is -2.29. The molecule has 25 heavy (non-hydrogen) atoms. The lowest BCUT2D eigenvalue weighted by molar-refractivity contribution is -0.152. The van der Waals surface area contributed by atoms with Crippen LogP contribution in [0, 0.1) is 5.41 Å². The van der Waals surface area contributed by atoms with Crippen molar-refractivity contribution >= 4 is 18.4 Å². The molecule has 0 amide bonds. The van der Waals surface area contributed by atoms with E-state index in [1.54, 1.807) is 26.0 Å². The summed E-state index contributed by atoms with van der Waals surface area (Å²) in [7, 11) is 1.32. The number of methoxy groups -OCH3 is 1. The Morgan fingerprint density at radius 3 is 2.40 bits per heavy atom. The van der Waals surface area contributed by atoms with Gasteiger partial charge >= 0.3 is 5.97 Å². The molecule has 2 aromatic rings. The third-order valence-corrected chi connectivity index (χ3v) is 4.07. The average Bonchev–Trinajstić information content (AvgIpc) is 2.59. The molecule has 0 radical (unpaired) electrons. The molecule has 0 aliphatic heterocycles. The Balaban J connectivity index is 0.00000312. The van der Waals surface area contributed by atoms with Crippen molar-refractivity contribution in [2.24, 2.45) is 11.1 Å². The highest BCUT2D eigenvalue weighted by atomic mass is 35.5. The van der Waals surface area contributed by atoms with E-state index in [0.29, 0.717) is 17.9 Å². The average molecular weight is 366 g/mol. The van der Waals surface area contributed by atoms with E-state index >= 15 is 0 Å². The quantitative estimate of drug-likeness (QED) is 0.764. The fourth-order valence-electron chi connectivity index (χ4n) is 2.40. The Labute approximate surface area is 154 Å². The summed E-state index contributed by atoms with van der Waals surface area (Å²) in [5.41, 5.74) is 6.71. The van der Waals surface area contributed by atoms with Gasteiger partial charge in [0.05, 0.1) is 12.5 Å². The molecule has 0 saturated heterocycles. The van der Waals surface area contributed by atoms with Gasteiger partial charge in [0, 0.05) is 17.7 Å². The first-order valence-corrected chi connectivity index (χ1v) is 7.70. The predicted molar refractivity (Wildman–Crippen MR) is 98.9 cm³/mol. The van der Waals surface area contributed by atoms with Crippen molar-refractivity contribution in [2.75, 3.05) is 7.11 Å². The number of hydrogen-bond acceptors (Lipinski definition) is 5. The Hall–Kier alpha value is -2.24. The molecule has 0 spiro atoms. The van der Waals surface area contributed by atoms with E-state index in [1.807, 2.05) is 30.3 Å². The fourth-order valence-corrected chi connectivity index (χ4v) is 2.40. The van der Waals surface area contributed by atoms with Crippen LogP contribution in [0.3, 0.4) is 0 Å². The molecule has 3 N–H and O–H groups in total.